The first kappa shape index (κ1) is 12.9. The Kier molecular flexibility index (Phi) is 2.87. The molecule has 0 aliphatic carbocycles. The molecule has 3 heteroatoms. The van der Waals surface area contributed by atoms with E-state index in [0.29, 0.717) is 0 Å². The second-order valence-electron chi connectivity index (χ2n) is 5.54. The van der Waals surface area contributed by atoms with E-state index in [9.17, 15) is 0 Å². The molecule has 2 atom stereocenters. The van der Waals surface area contributed by atoms with Gasteiger partial charge >= 0.3 is 0 Å². The van der Waals surface area contributed by atoms with Crippen LogP contribution in [0.5, 0.6) is 0 Å². The molecule has 20 heavy (non-hydrogen) atoms. The second kappa shape index (κ2) is 4.46. The molecule has 3 nitrogen and oxygen atoms in total. The van der Waals surface area contributed by atoms with Crippen LogP contribution in [0.4, 0.5) is 5.69 Å². The van der Waals surface area contributed by atoms with Gasteiger partial charge in [0.1, 0.15) is 6.17 Å². The molecule has 1 heterocycles. The monoisotopic (exact) mass is 265 g/mol. The Morgan fingerprint density at radius 1 is 1.10 bits per heavy atom. The first-order valence-corrected chi connectivity index (χ1v) is 6.79. The minimum absolute atomic E-state index is 0.287. The van der Waals surface area contributed by atoms with E-state index in [1.165, 1.54) is 11.1 Å². The van der Waals surface area contributed by atoms with Crippen molar-refractivity contribution in [3.8, 4) is 0 Å². The van der Waals surface area contributed by atoms with Gasteiger partial charge in [0.25, 0.3) is 0 Å². The van der Waals surface area contributed by atoms with Crippen molar-refractivity contribution in [3.05, 3.63) is 64.7 Å². The lowest BCUT2D eigenvalue weighted by Gasteiger charge is -2.37. The lowest BCUT2D eigenvalue weighted by Crippen LogP contribution is -2.51. The molecular formula is C17H19N3. The first-order valence-electron chi connectivity index (χ1n) is 6.79. The summed E-state index contributed by atoms with van der Waals surface area (Å²) in [7, 11) is 0. The Morgan fingerprint density at radius 3 is 2.50 bits per heavy atom. The van der Waals surface area contributed by atoms with Crippen molar-refractivity contribution in [3.63, 3.8) is 0 Å². The summed E-state index contributed by atoms with van der Waals surface area (Å²) in [6, 6.07) is 16.2. The van der Waals surface area contributed by atoms with Gasteiger partial charge in [0.2, 0.25) is 0 Å². The number of rotatable bonds is 1. The molecule has 1 aliphatic rings. The highest BCUT2D eigenvalue weighted by Crippen LogP contribution is 2.35. The largest absolute Gasteiger partial charge is 0.399 e. The van der Waals surface area contributed by atoms with E-state index < -0.39 is 0 Å². The highest BCUT2D eigenvalue weighted by molar-refractivity contribution is 5.61. The van der Waals surface area contributed by atoms with Gasteiger partial charge in [0, 0.05) is 11.1 Å². The fourth-order valence-corrected chi connectivity index (χ4v) is 2.92. The zero-order chi connectivity index (χ0) is 14.3. The average Bonchev–Trinajstić information content (AvgIpc) is 2.45. The molecule has 1 aliphatic heterocycles. The van der Waals surface area contributed by atoms with Gasteiger partial charge in [-0.15, -0.1) is 0 Å². The first-order chi connectivity index (χ1) is 9.53. The van der Waals surface area contributed by atoms with Crippen LogP contribution >= 0.6 is 0 Å². The molecule has 0 amide bonds. The highest BCUT2D eigenvalue weighted by Gasteiger charge is 2.37. The zero-order valence-electron chi connectivity index (χ0n) is 11.8. The Balaban J connectivity index is 2.33. The molecule has 0 radical (unpaired) electrons. The van der Waals surface area contributed by atoms with Gasteiger partial charge in [-0.3, -0.25) is 4.99 Å². The fourth-order valence-electron chi connectivity index (χ4n) is 2.92. The van der Waals surface area contributed by atoms with Crippen molar-refractivity contribution in [1.82, 2.24) is 0 Å². The summed E-state index contributed by atoms with van der Waals surface area (Å²) < 4.78 is 0. The van der Waals surface area contributed by atoms with Crippen LogP contribution in [0.2, 0.25) is 0 Å². The van der Waals surface area contributed by atoms with Crippen molar-refractivity contribution >= 4 is 11.3 Å². The van der Waals surface area contributed by atoms with Gasteiger partial charge in [-0.1, -0.05) is 42.0 Å². The van der Waals surface area contributed by atoms with E-state index in [4.69, 9.17) is 11.5 Å². The Hall–Kier alpha value is -2.13. The summed E-state index contributed by atoms with van der Waals surface area (Å²) in [5.74, 6) is 0. The summed E-state index contributed by atoms with van der Waals surface area (Å²) in [5, 5.41) is 2.02. The molecule has 0 spiro atoms. The van der Waals surface area contributed by atoms with Crippen molar-refractivity contribution in [2.75, 3.05) is 5.73 Å². The summed E-state index contributed by atoms with van der Waals surface area (Å²) >= 11 is 0. The molecule has 4 N–H and O–H groups in total. The lowest BCUT2D eigenvalue weighted by atomic mass is 9.72. The smallest absolute Gasteiger partial charge is 0.111 e. The molecule has 0 aromatic heterocycles. The minimum atomic E-state index is -0.306. The molecule has 0 fully saturated rings. The average molecular weight is 265 g/mol. The van der Waals surface area contributed by atoms with Gasteiger partial charge in [-0.2, -0.15) is 0 Å². The van der Waals surface area contributed by atoms with Crippen LogP contribution in [0.3, 0.4) is 0 Å². The van der Waals surface area contributed by atoms with Crippen LogP contribution < -0.4 is 22.0 Å². The molecular weight excluding hydrogens is 246 g/mol. The number of fused-ring (bicyclic) bond motifs is 1. The Morgan fingerprint density at radius 2 is 1.80 bits per heavy atom. The Bertz CT molecular complexity index is 765. The normalized spacial score (nSPS) is 24.9. The SMILES string of the molecule is CC1=c2ccc(N)cc2=NC(N)C1(C)c1ccccc1. The molecule has 0 saturated carbocycles. The fraction of sp³-hybridized carbons (Fsp3) is 0.235. The number of hydrogen-bond acceptors (Lipinski definition) is 3. The quantitative estimate of drug-likeness (QED) is 0.764. The maximum atomic E-state index is 6.37. The van der Waals surface area contributed by atoms with Gasteiger partial charge in [0.15, 0.2) is 0 Å². The molecule has 102 valence electrons. The van der Waals surface area contributed by atoms with Crippen LogP contribution in [0.1, 0.15) is 19.4 Å². The molecule has 2 unspecified atom stereocenters. The van der Waals surface area contributed by atoms with Gasteiger partial charge in [0.05, 0.1) is 5.36 Å². The van der Waals surface area contributed by atoms with Crippen LogP contribution in [-0.4, -0.2) is 6.17 Å². The molecule has 0 bridgehead atoms. The van der Waals surface area contributed by atoms with Crippen LogP contribution in [-0.2, 0) is 5.41 Å². The molecule has 3 rings (SSSR count). The Labute approximate surface area is 118 Å². The third-order valence-corrected chi connectivity index (χ3v) is 4.45. The zero-order valence-corrected chi connectivity index (χ0v) is 11.8. The standard InChI is InChI=1S/C17H19N3/c1-11-14-9-8-13(18)10-15(14)20-16(19)17(11,2)12-6-4-3-5-7-12/h3-10,16H,18-19H2,1-2H3. The third-order valence-electron chi connectivity index (χ3n) is 4.45. The summed E-state index contributed by atoms with van der Waals surface area (Å²) in [6.07, 6.45) is -0.306. The number of benzene rings is 2. The maximum absolute atomic E-state index is 6.37. The van der Waals surface area contributed by atoms with E-state index in [1.807, 2.05) is 36.4 Å². The van der Waals surface area contributed by atoms with Crippen molar-refractivity contribution in [2.24, 2.45) is 10.7 Å². The predicted octanol–water partition coefficient (Wildman–Crippen LogP) is 1.32. The van der Waals surface area contributed by atoms with Crippen molar-refractivity contribution < 1.29 is 0 Å². The van der Waals surface area contributed by atoms with Gasteiger partial charge < -0.3 is 11.5 Å². The van der Waals surface area contributed by atoms with Crippen LogP contribution in [0.25, 0.3) is 5.57 Å². The van der Waals surface area contributed by atoms with Crippen molar-refractivity contribution in [1.29, 1.82) is 0 Å². The van der Waals surface area contributed by atoms with E-state index in [-0.39, 0.29) is 11.6 Å². The van der Waals surface area contributed by atoms with Crippen LogP contribution in [0.15, 0.2) is 53.5 Å². The summed E-state index contributed by atoms with van der Waals surface area (Å²) in [4.78, 5) is 4.66. The van der Waals surface area contributed by atoms with Crippen LogP contribution in [0, 0.1) is 0 Å². The van der Waals surface area contributed by atoms with Crippen molar-refractivity contribution in [2.45, 2.75) is 25.4 Å². The molecule has 0 saturated heterocycles. The van der Waals surface area contributed by atoms with E-state index in [2.05, 4.69) is 31.0 Å². The maximum Gasteiger partial charge on any atom is 0.111 e. The van der Waals surface area contributed by atoms with Gasteiger partial charge in [-0.25, -0.2) is 0 Å². The van der Waals surface area contributed by atoms with E-state index >= 15 is 0 Å². The summed E-state index contributed by atoms with van der Waals surface area (Å²) in [6.45, 7) is 4.29. The number of nitrogens with zero attached hydrogens (tertiary/aromatic N) is 1. The molecule has 2 aromatic carbocycles. The second-order valence-corrected chi connectivity index (χ2v) is 5.54. The van der Waals surface area contributed by atoms with E-state index in [0.717, 1.165) is 16.3 Å². The molecule has 2 aromatic rings. The third kappa shape index (κ3) is 1.74. The number of nitrogens with two attached hydrogens (primary N) is 2. The lowest BCUT2D eigenvalue weighted by molar-refractivity contribution is 0.464. The number of hydrogen-bond donors (Lipinski definition) is 2. The number of nitrogen functional groups attached to an aromatic ring is 1. The van der Waals surface area contributed by atoms with Gasteiger partial charge in [-0.05, 0) is 36.8 Å². The highest BCUT2D eigenvalue weighted by atomic mass is 15.0. The predicted molar refractivity (Wildman–Crippen MR) is 82.5 cm³/mol. The number of anilines is 1. The summed E-state index contributed by atoms with van der Waals surface area (Å²) in [5.41, 5.74) is 15.1. The minimum Gasteiger partial charge on any atom is -0.399 e. The topological polar surface area (TPSA) is 64.4 Å². The van der Waals surface area contributed by atoms with E-state index in [1.54, 1.807) is 0 Å².